The van der Waals surface area contributed by atoms with Crippen molar-refractivity contribution in [2.45, 2.75) is 5.92 Å². The monoisotopic (exact) mass is 481 g/mol. The number of rotatable bonds is 9. The second-order valence-electron chi connectivity index (χ2n) is 7.37. The molecule has 2 heterocycles. The van der Waals surface area contributed by atoms with E-state index < -0.39 is 16.5 Å². The molecule has 1 unspecified atom stereocenters. The van der Waals surface area contributed by atoms with Crippen molar-refractivity contribution in [1.29, 1.82) is 0 Å². The van der Waals surface area contributed by atoms with Crippen LogP contribution in [0.5, 0.6) is 17.2 Å². The number of carbonyl (C=O) groups is 1. The number of amides is 1. The Morgan fingerprint density at radius 2 is 1.88 bits per heavy atom. The van der Waals surface area contributed by atoms with Gasteiger partial charge in [-0.1, -0.05) is 24.3 Å². The van der Waals surface area contributed by atoms with E-state index in [1.807, 2.05) is 48.0 Å². The Hall–Kier alpha value is -4.05. The van der Waals surface area contributed by atoms with E-state index >= 15 is 0 Å². The average Bonchev–Trinajstić information content (AvgIpc) is 3.53. The normalized spacial score (nSPS) is 11.7. The van der Waals surface area contributed by atoms with Crippen LogP contribution in [0.15, 0.2) is 54.0 Å². The second-order valence-corrected chi connectivity index (χ2v) is 8.35. The first-order chi connectivity index (χ1) is 16.5. The summed E-state index contributed by atoms with van der Waals surface area (Å²) in [7, 11) is 4.00. The number of ether oxygens (including phenoxy) is 3. The van der Waals surface area contributed by atoms with E-state index in [1.54, 1.807) is 11.3 Å². The molecule has 4 rings (SSSR count). The molecule has 0 aliphatic carbocycles. The molecule has 0 radical (unpaired) electrons. The molecular formula is C24H23N3O6S. The van der Waals surface area contributed by atoms with E-state index in [-0.39, 0.29) is 35.3 Å². The van der Waals surface area contributed by atoms with Gasteiger partial charge < -0.3 is 24.5 Å². The number of thiophene rings is 1. The number of nitro groups is 1. The van der Waals surface area contributed by atoms with Crippen molar-refractivity contribution in [3.05, 3.63) is 80.2 Å². The molecule has 2 aromatic carbocycles. The topological polar surface area (TPSA) is 116 Å². The van der Waals surface area contributed by atoms with E-state index in [4.69, 9.17) is 14.2 Å². The highest BCUT2D eigenvalue weighted by Crippen LogP contribution is 2.46. The zero-order chi connectivity index (χ0) is 24.2. The van der Waals surface area contributed by atoms with Gasteiger partial charge in [-0.15, -0.1) is 11.3 Å². The first-order valence-electron chi connectivity index (χ1n) is 10.3. The summed E-state index contributed by atoms with van der Waals surface area (Å²) in [5, 5.41) is 17.8. The summed E-state index contributed by atoms with van der Waals surface area (Å²) in [6, 6.07) is 13.2. The molecule has 0 fully saturated rings. The summed E-state index contributed by atoms with van der Waals surface area (Å²) in [6.07, 6.45) is 1.93. The number of aromatic nitrogens is 1. The number of aromatic amines is 1. The molecule has 2 N–H and O–H groups in total. The SMILES string of the molecule is COc1cc(C(=O)NCC(c2cccs2)c2c[nH]c3ccccc23)c([N+](=O)[O-])c(OC)c1OC. The quantitative estimate of drug-likeness (QED) is 0.264. The molecule has 1 amide bonds. The van der Waals surface area contributed by atoms with Gasteiger partial charge in [0.25, 0.3) is 5.91 Å². The summed E-state index contributed by atoms with van der Waals surface area (Å²) >= 11 is 1.58. The summed E-state index contributed by atoms with van der Waals surface area (Å²) in [4.78, 5) is 28.8. The van der Waals surface area contributed by atoms with Crippen LogP contribution < -0.4 is 19.5 Å². The first kappa shape index (κ1) is 23.1. The fraction of sp³-hybridized carbons (Fsp3) is 0.208. The summed E-state index contributed by atoms with van der Waals surface area (Å²) in [5.74, 6) is -0.748. The van der Waals surface area contributed by atoms with Crippen molar-refractivity contribution in [1.82, 2.24) is 10.3 Å². The van der Waals surface area contributed by atoms with Crippen molar-refractivity contribution < 1.29 is 23.9 Å². The van der Waals surface area contributed by atoms with Crippen molar-refractivity contribution in [2.75, 3.05) is 27.9 Å². The van der Waals surface area contributed by atoms with E-state index in [0.29, 0.717) is 0 Å². The van der Waals surface area contributed by atoms with E-state index in [2.05, 4.69) is 10.3 Å². The van der Waals surface area contributed by atoms with Crippen LogP contribution in [0.1, 0.15) is 26.7 Å². The molecule has 4 aromatic rings. The third kappa shape index (κ3) is 4.15. The van der Waals surface area contributed by atoms with Crippen LogP contribution >= 0.6 is 11.3 Å². The van der Waals surface area contributed by atoms with Gasteiger partial charge >= 0.3 is 5.69 Å². The lowest BCUT2D eigenvalue weighted by Gasteiger charge is -2.18. The molecule has 176 valence electrons. The molecule has 0 bridgehead atoms. The van der Waals surface area contributed by atoms with Gasteiger partial charge in [0.15, 0.2) is 5.75 Å². The van der Waals surface area contributed by atoms with Crippen LogP contribution in [0, 0.1) is 10.1 Å². The van der Waals surface area contributed by atoms with Crippen molar-refractivity contribution in [3.8, 4) is 17.2 Å². The maximum atomic E-state index is 13.2. The van der Waals surface area contributed by atoms with E-state index in [9.17, 15) is 14.9 Å². The number of hydrogen-bond donors (Lipinski definition) is 2. The summed E-state index contributed by atoms with van der Waals surface area (Å²) in [6.45, 7) is 0.231. The maximum Gasteiger partial charge on any atom is 0.327 e. The van der Waals surface area contributed by atoms with Gasteiger partial charge in [-0.3, -0.25) is 14.9 Å². The molecule has 1 atom stereocenters. The number of fused-ring (bicyclic) bond motifs is 1. The lowest BCUT2D eigenvalue weighted by molar-refractivity contribution is -0.386. The number of hydrogen-bond acceptors (Lipinski definition) is 7. The average molecular weight is 482 g/mol. The highest BCUT2D eigenvalue weighted by atomic mass is 32.1. The largest absolute Gasteiger partial charge is 0.493 e. The number of nitro benzene ring substituents is 1. The minimum atomic E-state index is -0.661. The maximum absolute atomic E-state index is 13.2. The first-order valence-corrected chi connectivity index (χ1v) is 11.2. The van der Waals surface area contributed by atoms with Gasteiger partial charge in [0, 0.05) is 40.5 Å². The van der Waals surface area contributed by atoms with Crippen molar-refractivity contribution in [3.63, 3.8) is 0 Å². The minimum absolute atomic E-state index is 0.0449. The van der Waals surface area contributed by atoms with Gasteiger partial charge in [-0.25, -0.2) is 0 Å². The highest BCUT2D eigenvalue weighted by Gasteiger charge is 2.33. The van der Waals surface area contributed by atoms with Crippen LogP contribution in [-0.2, 0) is 0 Å². The predicted octanol–water partition coefficient (Wildman–Crippen LogP) is 4.73. The third-order valence-electron chi connectivity index (χ3n) is 5.58. The fourth-order valence-corrected chi connectivity index (χ4v) is 4.87. The summed E-state index contributed by atoms with van der Waals surface area (Å²) < 4.78 is 15.7. The van der Waals surface area contributed by atoms with Gasteiger partial charge in [0.2, 0.25) is 11.5 Å². The Morgan fingerprint density at radius 1 is 1.12 bits per heavy atom. The lowest BCUT2D eigenvalue weighted by atomic mass is 9.96. The molecule has 0 spiro atoms. The van der Waals surface area contributed by atoms with E-state index in [0.717, 1.165) is 21.3 Å². The van der Waals surface area contributed by atoms with Gasteiger partial charge in [0.05, 0.1) is 26.3 Å². The smallest absolute Gasteiger partial charge is 0.327 e. The lowest BCUT2D eigenvalue weighted by Crippen LogP contribution is -2.29. The number of methoxy groups -OCH3 is 3. The van der Waals surface area contributed by atoms with Crippen molar-refractivity contribution in [2.24, 2.45) is 0 Å². The zero-order valence-electron chi connectivity index (χ0n) is 18.8. The zero-order valence-corrected chi connectivity index (χ0v) is 19.6. The third-order valence-corrected chi connectivity index (χ3v) is 6.57. The Kier molecular flexibility index (Phi) is 6.69. The Balaban J connectivity index is 1.71. The molecule has 2 aromatic heterocycles. The number of para-hydroxylation sites is 1. The fourth-order valence-electron chi connectivity index (χ4n) is 4.02. The minimum Gasteiger partial charge on any atom is -0.493 e. The van der Waals surface area contributed by atoms with Crippen LogP contribution in [0.3, 0.4) is 0 Å². The number of carbonyl (C=O) groups excluding carboxylic acids is 1. The molecule has 0 aliphatic heterocycles. The van der Waals surface area contributed by atoms with Crippen LogP contribution in [-0.4, -0.2) is 43.7 Å². The summed E-state index contributed by atoms with van der Waals surface area (Å²) in [5.41, 5.74) is 1.35. The van der Waals surface area contributed by atoms with Crippen LogP contribution in [0.2, 0.25) is 0 Å². The Labute approximate surface area is 199 Å². The Bertz CT molecular complexity index is 1330. The Morgan fingerprint density at radius 3 is 2.53 bits per heavy atom. The highest BCUT2D eigenvalue weighted by molar-refractivity contribution is 7.10. The molecule has 34 heavy (non-hydrogen) atoms. The van der Waals surface area contributed by atoms with Gasteiger partial charge in [-0.2, -0.15) is 0 Å². The molecule has 0 saturated heterocycles. The van der Waals surface area contributed by atoms with Gasteiger partial charge in [-0.05, 0) is 23.1 Å². The van der Waals surface area contributed by atoms with Crippen molar-refractivity contribution >= 4 is 33.8 Å². The second kappa shape index (κ2) is 9.84. The van der Waals surface area contributed by atoms with Gasteiger partial charge in [0.1, 0.15) is 5.56 Å². The van der Waals surface area contributed by atoms with Crippen LogP contribution in [0.25, 0.3) is 10.9 Å². The number of benzene rings is 2. The number of nitrogens with zero attached hydrogens (tertiary/aromatic N) is 1. The molecule has 0 saturated carbocycles. The molecule has 10 heteroatoms. The van der Waals surface area contributed by atoms with E-state index in [1.165, 1.54) is 27.4 Å². The standard InChI is InChI=1S/C24H23N3O6S/c1-31-19-11-15(21(27(29)30)23(33-3)22(19)32-2)24(28)26-13-17(20-9-6-10-34-20)16-12-25-18-8-5-4-7-14(16)18/h4-12,17,25H,13H2,1-3H3,(H,26,28). The van der Waals surface area contributed by atoms with Crippen LogP contribution in [0.4, 0.5) is 5.69 Å². The molecule has 9 nitrogen and oxygen atoms in total. The predicted molar refractivity (Wildman–Crippen MR) is 130 cm³/mol. The number of H-pyrrole nitrogens is 1. The molecular weight excluding hydrogens is 458 g/mol. The molecule has 0 aliphatic rings. The number of nitrogens with one attached hydrogen (secondary N) is 2.